The second kappa shape index (κ2) is 5.41. The predicted octanol–water partition coefficient (Wildman–Crippen LogP) is 4.58. The number of nitro groups is 1. The normalized spacial score (nSPS) is 20.3. The lowest BCUT2D eigenvalue weighted by atomic mass is 10.2. The van der Waals surface area contributed by atoms with Crippen LogP contribution >= 0.6 is 11.6 Å². The highest BCUT2D eigenvalue weighted by atomic mass is 35.5. The number of non-ortho nitro benzene ring substituents is 1. The molecule has 21 heavy (non-hydrogen) atoms. The molecular weight excluding hydrogens is 292 g/mol. The van der Waals surface area contributed by atoms with E-state index < -0.39 is 4.92 Å². The molecule has 0 spiro atoms. The molecule has 5 nitrogen and oxygen atoms in total. The molecule has 0 amide bonds. The van der Waals surface area contributed by atoms with Crippen molar-refractivity contribution in [2.24, 2.45) is 5.92 Å². The number of anilines is 1. The molecule has 1 aliphatic carbocycles. The number of benzene rings is 1. The van der Waals surface area contributed by atoms with Gasteiger partial charge in [-0.05, 0) is 30.5 Å². The van der Waals surface area contributed by atoms with Crippen LogP contribution in [0.3, 0.4) is 0 Å². The maximum Gasteiger partial charge on any atom is 0.271 e. The molecule has 2 unspecified atom stereocenters. The van der Waals surface area contributed by atoms with E-state index >= 15 is 0 Å². The molecule has 1 heterocycles. The first-order valence-electron chi connectivity index (χ1n) is 6.81. The Morgan fingerprint density at radius 3 is 2.81 bits per heavy atom. The summed E-state index contributed by atoms with van der Waals surface area (Å²) in [6.45, 7) is 2.71. The highest BCUT2D eigenvalue weighted by Gasteiger charge is 2.36. The molecule has 6 heteroatoms. The maximum absolute atomic E-state index is 10.7. The zero-order valence-corrected chi connectivity index (χ0v) is 12.3. The number of furan rings is 1. The van der Waals surface area contributed by atoms with Gasteiger partial charge in [0.25, 0.3) is 5.69 Å². The Kier molecular flexibility index (Phi) is 3.59. The van der Waals surface area contributed by atoms with Crippen LogP contribution in [0.1, 0.15) is 30.8 Å². The van der Waals surface area contributed by atoms with Crippen LogP contribution in [0.5, 0.6) is 0 Å². The predicted molar refractivity (Wildman–Crippen MR) is 80.7 cm³/mol. The molecule has 0 aliphatic heterocycles. The van der Waals surface area contributed by atoms with Crippen molar-refractivity contribution in [3.05, 3.63) is 57.0 Å². The molecular formula is C15H15ClN2O3. The molecule has 2 atom stereocenters. The van der Waals surface area contributed by atoms with Crippen LogP contribution in [0.2, 0.25) is 5.02 Å². The fraction of sp³-hybridized carbons (Fsp3) is 0.333. The maximum atomic E-state index is 10.7. The lowest BCUT2D eigenvalue weighted by molar-refractivity contribution is -0.384. The van der Waals surface area contributed by atoms with E-state index in [1.165, 1.54) is 18.6 Å². The highest BCUT2D eigenvalue weighted by molar-refractivity contribution is 6.33. The lowest BCUT2D eigenvalue weighted by Gasteiger charge is -2.06. The molecule has 2 aromatic rings. The van der Waals surface area contributed by atoms with Crippen molar-refractivity contribution in [1.82, 2.24) is 0 Å². The first kappa shape index (κ1) is 13.9. The second-order valence-electron chi connectivity index (χ2n) is 5.40. The largest absolute Gasteiger partial charge is 0.464 e. The summed E-state index contributed by atoms with van der Waals surface area (Å²) in [7, 11) is 0. The van der Waals surface area contributed by atoms with E-state index in [9.17, 15) is 10.1 Å². The summed E-state index contributed by atoms with van der Waals surface area (Å²) in [5, 5.41) is 14.1. The third kappa shape index (κ3) is 3.03. The molecule has 1 aromatic heterocycles. The van der Waals surface area contributed by atoms with Gasteiger partial charge in [-0.2, -0.15) is 0 Å². The smallest absolute Gasteiger partial charge is 0.271 e. The van der Waals surface area contributed by atoms with Crippen molar-refractivity contribution < 1.29 is 9.34 Å². The van der Waals surface area contributed by atoms with Crippen molar-refractivity contribution in [3.63, 3.8) is 0 Å². The third-order valence-corrected chi connectivity index (χ3v) is 4.09. The summed E-state index contributed by atoms with van der Waals surface area (Å²) < 4.78 is 5.79. The van der Waals surface area contributed by atoms with E-state index in [1.807, 2.05) is 12.1 Å². The first-order chi connectivity index (χ1) is 10.0. The Balaban J connectivity index is 1.64. The molecule has 1 N–H and O–H groups in total. The van der Waals surface area contributed by atoms with Crippen LogP contribution in [0, 0.1) is 16.0 Å². The SMILES string of the molecule is CC1CC1c1ccc(CNc2ccc([N+](=O)[O-])cc2Cl)o1. The van der Waals surface area contributed by atoms with Gasteiger partial charge in [0, 0.05) is 18.1 Å². The second-order valence-corrected chi connectivity index (χ2v) is 5.81. The average molecular weight is 307 g/mol. The molecule has 1 saturated carbocycles. The zero-order chi connectivity index (χ0) is 15.0. The Bertz CT molecular complexity index is 683. The minimum absolute atomic E-state index is 0.0199. The summed E-state index contributed by atoms with van der Waals surface area (Å²) in [5.74, 6) is 3.13. The van der Waals surface area contributed by atoms with Crippen LogP contribution in [0.4, 0.5) is 11.4 Å². The van der Waals surface area contributed by atoms with Crippen LogP contribution in [0.15, 0.2) is 34.7 Å². The minimum atomic E-state index is -0.467. The summed E-state index contributed by atoms with van der Waals surface area (Å²) in [6.07, 6.45) is 1.19. The number of nitro benzene ring substituents is 1. The number of nitrogens with zero attached hydrogens (tertiary/aromatic N) is 1. The van der Waals surface area contributed by atoms with Gasteiger partial charge in [-0.25, -0.2) is 0 Å². The molecule has 3 rings (SSSR count). The van der Waals surface area contributed by atoms with Crippen molar-refractivity contribution in [3.8, 4) is 0 Å². The van der Waals surface area contributed by atoms with Crippen LogP contribution in [0.25, 0.3) is 0 Å². The zero-order valence-electron chi connectivity index (χ0n) is 11.5. The molecule has 1 aliphatic rings. The molecule has 1 aromatic carbocycles. The van der Waals surface area contributed by atoms with E-state index in [2.05, 4.69) is 12.2 Å². The summed E-state index contributed by atoms with van der Waals surface area (Å²) in [5.41, 5.74) is 0.633. The number of hydrogen-bond donors (Lipinski definition) is 1. The van der Waals surface area contributed by atoms with Gasteiger partial charge in [0.15, 0.2) is 0 Å². The number of nitrogens with one attached hydrogen (secondary N) is 1. The van der Waals surface area contributed by atoms with Gasteiger partial charge >= 0.3 is 0 Å². The van der Waals surface area contributed by atoms with Crippen LogP contribution < -0.4 is 5.32 Å². The number of rotatable bonds is 5. The fourth-order valence-corrected chi connectivity index (χ4v) is 2.59. The standard InChI is InChI=1S/C15H15ClN2O3/c1-9-6-12(9)15-5-3-11(21-15)8-17-14-4-2-10(18(19)20)7-13(14)16/h2-5,7,9,12,17H,6,8H2,1H3. The average Bonchev–Trinajstić information content (AvgIpc) is 3.00. The molecule has 0 bridgehead atoms. The van der Waals surface area contributed by atoms with Gasteiger partial charge in [0.1, 0.15) is 11.5 Å². The number of hydrogen-bond acceptors (Lipinski definition) is 4. The monoisotopic (exact) mass is 306 g/mol. The lowest BCUT2D eigenvalue weighted by Crippen LogP contribution is -1.99. The highest BCUT2D eigenvalue weighted by Crippen LogP contribution is 2.47. The Hall–Kier alpha value is -2.01. The van der Waals surface area contributed by atoms with E-state index in [0.29, 0.717) is 29.1 Å². The topological polar surface area (TPSA) is 68.3 Å². The quantitative estimate of drug-likeness (QED) is 0.648. The van der Waals surface area contributed by atoms with E-state index in [0.717, 1.165) is 11.5 Å². The van der Waals surface area contributed by atoms with Crippen LogP contribution in [-0.4, -0.2) is 4.92 Å². The first-order valence-corrected chi connectivity index (χ1v) is 7.19. The third-order valence-electron chi connectivity index (χ3n) is 3.77. The Morgan fingerprint density at radius 2 is 2.19 bits per heavy atom. The van der Waals surface area contributed by atoms with Gasteiger partial charge < -0.3 is 9.73 Å². The Labute approximate surface area is 127 Å². The van der Waals surface area contributed by atoms with E-state index in [4.69, 9.17) is 16.0 Å². The van der Waals surface area contributed by atoms with Gasteiger partial charge in [-0.1, -0.05) is 18.5 Å². The van der Waals surface area contributed by atoms with Crippen molar-refractivity contribution in [2.45, 2.75) is 25.8 Å². The molecule has 1 fully saturated rings. The summed E-state index contributed by atoms with van der Waals surface area (Å²) >= 11 is 6.03. The van der Waals surface area contributed by atoms with E-state index in [1.54, 1.807) is 6.07 Å². The van der Waals surface area contributed by atoms with Gasteiger partial charge in [-0.15, -0.1) is 0 Å². The number of halogens is 1. The van der Waals surface area contributed by atoms with Gasteiger partial charge in [0.05, 0.1) is 22.2 Å². The summed E-state index contributed by atoms with van der Waals surface area (Å²) in [4.78, 5) is 10.2. The minimum Gasteiger partial charge on any atom is -0.464 e. The van der Waals surface area contributed by atoms with Gasteiger partial charge in [0.2, 0.25) is 0 Å². The molecule has 110 valence electrons. The molecule has 0 radical (unpaired) electrons. The van der Waals surface area contributed by atoms with Crippen molar-refractivity contribution in [2.75, 3.05) is 5.32 Å². The summed E-state index contributed by atoms with van der Waals surface area (Å²) in [6, 6.07) is 8.33. The van der Waals surface area contributed by atoms with Crippen LogP contribution in [-0.2, 0) is 6.54 Å². The van der Waals surface area contributed by atoms with E-state index in [-0.39, 0.29) is 5.69 Å². The van der Waals surface area contributed by atoms with Crippen molar-refractivity contribution >= 4 is 23.0 Å². The Morgan fingerprint density at radius 1 is 1.43 bits per heavy atom. The fourth-order valence-electron chi connectivity index (χ4n) is 2.35. The molecule has 0 saturated heterocycles. The van der Waals surface area contributed by atoms with Gasteiger partial charge in [-0.3, -0.25) is 10.1 Å². The van der Waals surface area contributed by atoms with Crippen molar-refractivity contribution in [1.29, 1.82) is 0 Å².